The normalized spacial score (nSPS) is 37.1. The van der Waals surface area contributed by atoms with E-state index in [0.29, 0.717) is 19.5 Å². The highest BCUT2D eigenvalue weighted by Gasteiger charge is 2.46. The third kappa shape index (κ3) is 2.83. The van der Waals surface area contributed by atoms with Crippen LogP contribution in [0.15, 0.2) is 0 Å². The smallest absolute Gasteiger partial charge is 0.310 e. The summed E-state index contributed by atoms with van der Waals surface area (Å²) in [5.74, 6) is -0.945. The number of morpholine rings is 1. The van der Waals surface area contributed by atoms with Gasteiger partial charge in [-0.05, 0) is 27.2 Å². The van der Waals surface area contributed by atoms with Crippen LogP contribution in [0.3, 0.4) is 0 Å². The Morgan fingerprint density at radius 2 is 1.80 bits per heavy atom. The van der Waals surface area contributed by atoms with Crippen LogP contribution in [0.25, 0.3) is 0 Å². The quantitative estimate of drug-likeness (QED) is 0.801. The Bertz CT molecular complexity index is 484. The zero-order valence-corrected chi connectivity index (χ0v) is 12.9. The minimum absolute atomic E-state index is 0.0325. The van der Waals surface area contributed by atoms with E-state index in [9.17, 15) is 18.3 Å². The fraction of sp³-hybridized carbons (Fsp3) is 0.917. The molecule has 2 fully saturated rings. The van der Waals surface area contributed by atoms with Crippen molar-refractivity contribution >= 4 is 16.2 Å². The van der Waals surface area contributed by atoms with Gasteiger partial charge >= 0.3 is 5.97 Å². The largest absolute Gasteiger partial charge is 0.481 e. The molecule has 0 aromatic carbocycles. The average Bonchev–Trinajstić information content (AvgIpc) is 2.73. The van der Waals surface area contributed by atoms with Gasteiger partial charge in [0.2, 0.25) is 0 Å². The van der Waals surface area contributed by atoms with Gasteiger partial charge in [-0.25, -0.2) is 0 Å². The number of aliphatic carboxylic acids is 1. The van der Waals surface area contributed by atoms with Gasteiger partial charge in [0.25, 0.3) is 10.2 Å². The van der Waals surface area contributed by atoms with Crippen LogP contribution >= 0.6 is 0 Å². The molecule has 20 heavy (non-hydrogen) atoms. The highest BCUT2D eigenvalue weighted by molar-refractivity contribution is 7.86. The minimum Gasteiger partial charge on any atom is -0.481 e. The summed E-state index contributed by atoms with van der Waals surface area (Å²) in [6.07, 6.45) is 0.0424. The van der Waals surface area contributed by atoms with Crippen molar-refractivity contribution in [2.45, 2.75) is 39.4 Å². The first-order valence-corrected chi connectivity index (χ1v) is 8.19. The Balaban J connectivity index is 2.14. The van der Waals surface area contributed by atoms with Crippen molar-refractivity contribution in [2.75, 3.05) is 26.2 Å². The van der Waals surface area contributed by atoms with Gasteiger partial charge in [-0.15, -0.1) is 0 Å². The summed E-state index contributed by atoms with van der Waals surface area (Å²) >= 11 is 0. The number of hydrogen-bond acceptors (Lipinski definition) is 4. The van der Waals surface area contributed by atoms with E-state index in [2.05, 4.69) is 0 Å². The molecule has 116 valence electrons. The first-order chi connectivity index (χ1) is 9.15. The molecule has 2 rings (SSSR count). The molecule has 0 aromatic heterocycles. The molecule has 3 atom stereocenters. The fourth-order valence-electron chi connectivity index (χ4n) is 2.77. The molecule has 3 unspecified atom stereocenters. The second kappa shape index (κ2) is 5.25. The summed E-state index contributed by atoms with van der Waals surface area (Å²) in [6.45, 7) is 6.18. The van der Waals surface area contributed by atoms with E-state index in [1.165, 1.54) is 8.61 Å². The van der Waals surface area contributed by atoms with Crippen LogP contribution in [0.5, 0.6) is 0 Å². The zero-order chi connectivity index (χ0) is 15.1. The predicted molar refractivity (Wildman–Crippen MR) is 72.4 cm³/mol. The first-order valence-electron chi connectivity index (χ1n) is 6.79. The molecule has 0 amide bonds. The molecule has 7 nitrogen and oxygen atoms in total. The number of hydrogen-bond donors (Lipinski definition) is 1. The monoisotopic (exact) mass is 306 g/mol. The number of carboxylic acids is 1. The van der Waals surface area contributed by atoms with Crippen LogP contribution < -0.4 is 0 Å². The summed E-state index contributed by atoms with van der Waals surface area (Å²) in [5, 5.41) is 9.20. The zero-order valence-electron chi connectivity index (χ0n) is 12.1. The van der Waals surface area contributed by atoms with E-state index in [0.717, 1.165) is 0 Å². The maximum absolute atomic E-state index is 12.6. The molecule has 0 aliphatic carbocycles. The van der Waals surface area contributed by atoms with Crippen LogP contribution in [-0.4, -0.2) is 66.5 Å². The third-order valence-electron chi connectivity index (χ3n) is 3.99. The molecule has 1 N–H and O–H groups in total. The molecule has 0 spiro atoms. The Morgan fingerprint density at radius 3 is 2.25 bits per heavy atom. The number of carboxylic acid groups (broad SMARTS) is 1. The van der Waals surface area contributed by atoms with E-state index < -0.39 is 21.6 Å². The van der Waals surface area contributed by atoms with Gasteiger partial charge in [0.15, 0.2) is 0 Å². The Morgan fingerprint density at radius 1 is 1.25 bits per heavy atom. The maximum Gasteiger partial charge on any atom is 0.310 e. The van der Waals surface area contributed by atoms with Crippen molar-refractivity contribution in [3.05, 3.63) is 0 Å². The summed E-state index contributed by atoms with van der Waals surface area (Å²) in [5.41, 5.74) is -0.989. The molecule has 2 aliphatic rings. The topological polar surface area (TPSA) is 87.2 Å². The van der Waals surface area contributed by atoms with Gasteiger partial charge in [-0.1, -0.05) is 0 Å². The second-order valence-corrected chi connectivity index (χ2v) is 7.96. The highest BCUT2D eigenvalue weighted by atomic mass is 32.2. The van der Waals surface area contributed by atoms with Crippen molar-refractivity contribution < 1.29 is 23.1 Å². The molecular formula is C12H22N2O5S. The first kappa shape index (κ1) is 15.7. The SMILES string of the molecule is CC1CN(S(=O)(=O)N2CCC(C)(C(=O)O)C2)CC(C)O1. The standard InChI is InChI=1S/C12H22N2O5S/c1-9-6-14(7-10(2)19-9)20(17,18)13-5-4-12(3,8-13)11(15)16/h9-10H,4-8H2,1-3H3,(H,15,16). The average molecular weight is 306 g/mol. The lowest BCUT2D eigenvalue weighted by Gasteiger charge is -2.36. The van der Waals surface area contributed by atoms with Crippen molar-refractivity contribution in [1.82, 2.24) is 8.61 Å². The van der Waals surface area contributed by atoms with Crippen molar-refractivity contribution in [3.63, 3.8) is 0 Å². The van der Waals surface area contributed by atoms with Gasteiger partial charge in [0.1, 0.15) is 0 Å². The van der Waals surface area contributed by atoms with Crippen molar-refractivity contribution in [3.8, 4) is 0 Å². The summed E-state index contributed by atoms with van der Waals surface area (Å²) < 4.78 is 33.4. The number of carbonyl (C=O) groups is 1. The number of nitrogens with zero attached hydrogens (tertiary/aromatic N) is 2. The van der Waals surface area contributed by atoms with Crippen molar-refractivity contribution in [2.24, 2.45) is 5.41 Å². The minimum atomic E-state index is -3.61. The molecule has 0 radical (unpaired) electrons. The van der Waals surface area contributed by atoms with Crippen LogP contribution in [-0.2, 0) is 19.7 Å². The lowest BCUT2D eigenvalue weighted by Crippen LogP contribution is -2.53. The molecular weight excluding hydrogens is 284 g/mol. The molecule has 0 bridgehead atoms. The van der Waals surface area contributed by atoms with E-state index >= 15 is 0 Å². The van der Waals surface area contributed by atoms with Crippen LogP contribution in [0, 0.1) is 5.41 Å². The second-order valence-electron chi connectivity index (χ2n) is 6.03. The fourth-order valence-corrected chi connectivity index (χ4v) is 4.67. The van der Waals surface area contributed by atoms with E-state index in [-0.39, 0.29) is 25.3 Å². The van der Waals surface area contributed by atoms with Gasteiger partial charge in [0.05, 0.1) is 17.6 Å². The van der Waals surface area contributed by atoms with Gasteiger partial charge in [0, 0.05) is 26.2 Å². The van der Waals surface area contributed by atoms with Crippen molar-refractivity contribution in [1.29, 1.82) is 0 Å². The van der Waals surface area contributed by atoms with Gasteiger partial charge in [-0.2, -0.15) is 17.0 Å². The lowest BCUT2D eigenvalue weighted by molar-refractivity contribution is -0.146. The maximum atomic E-state index is 12.6. The van der Waals surface area contributed by atoms with Crippen LogP contribution in [0.4, 0.5) is 0 Å². The number of rotatable bonds is 3. The highest BCUT2D eigenvalue weighted by Crippen LogP contribution is 2.33. The Hall–Kier alpha value is -0.700. The Kier molecular flexibility index (Phi) is 4.12. The van der Waals surface area contributed by atoms with E-state index in [4.69, 9.17) is 4.74 Å². The summed E-state index contributed by atoms with van der Waals surface area (Å²) in [4.78, 5) is 11.2. The van der Waals surface area contributed by atoms with E-state index in [1.807, 2.05) is 13.8 Å². The molecule has 2 heterocycles. The molecule has 0 saturated carbocycles. The van der Waals surface area contributed by atoms with Crippen LogP contribution in [0.2, 0.25) is 0 Å². The number of ether oxygens (including phenoxy) is 1. The third-order valence-corrected chi connectivity index (χ3v) is 5.91. The van der Waals surface area contributed by atoms with E-state index in [1.54, 1.807) is 6.92 Å². The molecule has 8 heteroatoms. The lowest BCUT2D eigenvalue weighted by atomic mass is 9.90. The molecule has 2 saturated heterocycles. The Labute approximate surface area is 119 Å². The summed E-state index contributed by atoms with van der Waals surface area (Å²) in [7, 11) is -3.61. The van der Waals surface area contributed by atoms with Gasteiger partial charge < -0.3 is 9.84 Å². The summed E-state index contributed by atoms with van der Waals surface area (Å²) in [6, 6.07) is 0. The van der Waals surface area contributed by atoms with Gasteiger partial charge in [-0.3, -0.25) is 4.79 Å². The predicted octanol–water partition coefficient (Wildman–Crippen LogP) is 0.137. The van der Waals surface area contributed by atoms with Crippen LogP contribution in [0.1, 0.15) is 27.2 Å². The molecule has 0 aromatic rings. The molecule has 2 aliphatic heterocycles.